The molecule has 2 nitrogen and oxygen atoms in total. The molecule has 0 aliphatic heterocycles. The second kappa shape index (κ2) is 17.2. The third-order valence-corrected chi connectivity index (χ3v) is 14.0. The first-order valence-corrected chi connectivity index (χ1v) is 23.6. The molecular formula is C64H50N2. The van der Waals surface area contributed by atoms with E-state index in [0.717, 1.165) is 50.5 Å². The van der Waals surface area contributed by atoms with Gasteiger partial charge in [-0.1, -0.05) is 219 Å². The molecule has 1 heterocycles. The van der Waals surface area contributed by atoms with Crippen molar-refractivity contribution in [3.05, 3.63) is 242 Å². The number of hydrogen-bond acceptors (Lipinski definition) is 1. The van der Waals surface area contributed by atoms with E-state index in [2.05, 4.69) is 246 Å². The summed E-state index contributed by atoms with van der Waals surface area (Å²) in [7, 11) is 0. The zero-order valence-electron chi connectivity index (χ0n) is 37.0. The molecule has 12 rings (SSSR count). The molecule has 0 spiro atoms. The van der Waals surface area contributed by atoms with Crippen LogP contribution >= 0.6 is 0 Å². The lowest BCUT2D eigenvalue weighted by atomic mass is 9.84. The summed E-state index contributed by atoms with van der Waals surface area (Å²) in [6, 6.07) is 87.4. The summed E-state index contributed by atoms with van der Waals surface area (Å²) in [4.78, 5) is 2.54. The number of fused-ring (bicyclic) bond motifs is 4. The molecule has 2 heteroatoms. The van der Waals surface area contributed by atoms with E-state index < -0.39 is 0 Å². The third kappa shape index (κ3) is 7.16. The van der Waals surface area contributed by atoms with Crippen LogP contribution in [-0.4, -0.2) is 4.57 Å². The fraction of sp³-hybridized carbons (Fsp3) is 0.0938. The first kappa shape index (κ1) is 39.6. The van der Waals surface area contributed by atoms with Crippen LogP contribution in [0.15, 0.2) is 237 Å². The van der Waals surface area contributed by atoms with Crippen LogP contribution in [0.1, 0.15) is 43.6 Å². The molecule has 0 bridgehead atoms. The van der Waals surface area contributed by atoms with Gasteiger partial charge in [-0.2, -0.15) is 0 Å². The SMILES string of the molecule is c1ccc(-c2cccc(-c3ccccc3)c2N(c2ccc3c4ccccc4n(-c4ccc(-c5ccc(C6CCCCC6)cc5)cc4)c3c2)c2ccc3ccccc3c2-c2ccccc2)cc1. The molecule has 0 radical (unpaired) electrons. The van der Waals surface area contributed by atoms with Gasteiger partial charge in [0, 0.05) is 38.8 Å². The predicted molar refractivity (Wildman–Crippen MR) is 281 cm³/mol. The van der Waals surface area contributed by atoms with Gasteiger partial charge in [-0.25, -0.2) is 0 Å². The number of nitrogens with zero attached hydrogens (tertiary/aromatic N) is 2. The van der Waals surface area contributed by atoms with Crippen LogP contribution in [0.5, 0.6) is 0 Å². The minimum atomic E-state index is 0.703. The first-order valence-electron chi connectivity index (χ1n) is 23.6. The van der Waals surface area contributed by atoms with Crippen molar-refractivity contribution in [2.24, 2.45) is 0 Å². The van der Waals surface area contributed by atoms with E-state index in [1.54, 1.807) is 0 Å². The fourth-order valence-electron chi connectivity index (χ4n) is 10.8. The maximum absolute atomic E-state index is 2.54. The van der Waals surface area contributed by atoms with Crippen LogP contribution < -0.4 is 4.90 Å². The summed E-state index contributed by atoms with van der Waals surface area (Å²) in [6.07, 6.45) is 6.71. The second-order valence-corrected chi connectivity index (χ2v) is 17.9. The Bertz CT molecular complexity index is 3410. The second-order valence-electron chi connectivity index (χ2n) is 17.9. The first-order chi connectivity index (χ1) is 32.8. The molecular weight excluding hydrogens is 797 g/mol. The highest BCUT2D eigenvalue weighted by atomic mass is 15.2. The topological polar surface area (TPSA) is 8.17 Å². The number of aromatic nitrogens is 1. The van der Waals surface area contributed by atoms with Crippen molar-refractivity contribution in [1.29, 1.82) is 0 Å². The van der Waals surface area contributed by atoms with E-state index in [1.807, 2.05) is 0 Å². The Morgan fingerprint density at radius 1 is 0.379 bits per heavy atom. The van der Waals surface area contributed by atoms with E-state index in [1.165, 1.54) is 87.0 Å². The van der Waals surface area contributed by atoms with Gasteiger partial charge in [0.2, 0.25) is 0 Å². The third-order valence-electron chi connectivity index (χ3n) is 14.0. The zero-order valence-corrected chi connectivity index (χ0v) is 37.0. The molecule has 10 aromatic carbocycles. The van der Waals surface area contributed by atoms with E-state index in [4.69, 9.17) is 0 Å². The molecule has 1 aliphatic carbocycles. The molecule has 0 amide bonds. The van der Waals surface area contributed by atoms with Gasteiger partial charge >= 0.3 is 0 Å². The van der Waals surface area contributed by atoms with Gasteiger partial charge in [-0.05, 0) is 99.3 Å². The molecule has 1 saturated carbocycles. The minimum absolute atomic E-state index is 0.703. The van der Waals surface area contributed by atoms with Crippen molar-refractivity contribution < 1.29 is 0 Å². The van der Waals surface area contributed by atoms with E-state index >= 15 is 0 Å². The normalized spacial score (nSPS) is 13.1. The van der Waals surface area contributed by atoms with E-state index in [-0.39, 0.29) is 0 Å². The molecule has 316 valence electrons. The summed E-state index contributed by atoms with van der Waals surface area (Å²) < 4.78 is 2.46. The highest BCUT2D eigenvalue weighted by Gasteiger charge is 2.26. The van der Waals surface area contributed by atoms with Crippen molar-refractivity contribution in [3.63, 3.8) is 0 Å². The zero-order chi connectivity index (χ0) is 43.8. The van der Waals surface area contributed by atoms with Gasteiger partial charge in [0.25, 0.3) is 0 Å². The Labute approximate surface area is 387 Å². The van der Waals surface area contributed by atoms with Crippen molar-refractivity contribution >= 4 is 49.6 Å². The summed E-state index contributed by atoms with van der Waals surface area (Å²) in [6.45, 7) is 0. The van der Waals surface area contributed by atoms with Crippen LogP contribution in [0, 0.1) is 0 Å². The Morgan fingerprint density at radius 2 is 0.939 bits per heavy atom. The van der Waals surface area contributed by atoms with Crippen LogP contribution in [0.2, 0.25) is 0 Å². The maximum atomic E-state index is 2.54. The lowest BCUT2D eigenvalue weighted by Crippen LogP contribution is -2.14. The molecule has 1 fully saturated rings. The molecule has 1 aliphatic rings. The van der Waals surface area contributed by atoms with Gasteiger partial charge in [-0.15, -0.1) is 0 Å². The van der Waals surface area contributed by atoms with Gasteiger partial charge < -0.3 is 9.47 Å². The van der Waals surface area contributed by atoms with Crippen molar-refractivity contribution in [3.8, 4) is 50.2 Å². The smallest absolute Gasteiger partial charge is 0.0618 e. The van der Waals surface area contributed by atoms with Crippen molar-refractivity contribution in [1.82, 2.24) is 4.57 Å². The van der Waals surface area contributed by atoms with Gasteiger partial charge in [0.1, 0.15) is 0 Å². The Kier molecular flexibility index (Phi) is 10.3. The van der Waals surface area contributed by atoms with E-state index in [9.17, 15) is 0 Å². The van der Waals surface area contributed by atoms with E-state index in [0.29, 0.717) is 5.92 Å². The summed E-state index contributed by atoms with van der Waals surface area (Å²) in [5, 5.41) is 4.87. The average Bonchev–Trinajstić information content (AvgIpc) is 3.73. The van der Waals surface area contributed by atoms with Crippen molar-refractivity contribution in [2.75, 3.05) is 4.90 Å². The summed E-state index contributed by atoms with van der Waals surface area (Å²) in [5.74, 6) is 0.703. The molecule has 0 unspecified atom stereocenters. The van der Waals surface area contributed by atoms with Crippen LogP contribution in [0.3, 0.4) is 0 Å². The Hall–Kier alpha value is -7.94. The molecule has 0 atom stereocenters. The van der Waals surface area contributed by atoms with Gasteiger partial charge in [0.15, 0.2) is 0 Å². The lowest BCUT2D eigenvalue weighted by molar-refractivity contribution is 0.443. The summed E-state index contributed by atoms with van der Waals surface area (Å²) >= 11 is 0. The number of hydrogen-bond donors (Lipinski definition) is 0. The average molecular weight is 847 g/mol. The Morgan fingerprint density at radius 3 is 1.61 bits per heavy atom. The molecule has 66 heavy (non-hydrogen) atoms. The standard InChI is InChI=1S/C64H50N2/c1-5-18-45(19-6-1)46-32-34-47(35-33-46)48-36-39-53(40-37-48)65-60-31-16-15-28-58(60)59-42-41-54(44-62(59)65)66(61-43-38-51-24-13-14-27-55(51)63(61)52-25-11-4-12-26-52)64-56(49-20-7-2-8-21-49)29-17-30-57(64)50-22-9-3-10-23-50/h2-4,7-17,20-45H,1,5-6,18-19H2. The van der Waals surface area contributed by atoms with Crippen molar-refractivity contribution in [2.45, 2.75) is 38.0 Å². The highest BCUT2D eigenvalue weighted by molar-refractivity contribution is 6.12. The monoisotopic (exact) mass is 846 g/mol. The number of rotatable bonds is 9. The highest BCUT2D eigenvalue weighted by Crippen LogP contribution is 2.51. The largest absolute Gasteiger partial charge is 0.309 e. The van der Waals surface area contributed by atoms with Gasteiger partial charge in [0.05, 0.1) is 22.4 Å². The van der Waals surface area contributed by atoms with Crippen LogP contribution in [0.25, 0.3) is 82.8 Å². The predicted octanol–water partition coefficient (Wildman–Crippen LogP) is 18.1. The van der Waals surface area contributed by atoms with Crippen LogP contribution in [-0.2, 0) is 0 Å². The lowest BCUT2D eigenvalue weighted by Gasteiger charge is -2.32. The number of anilines is 3. The quantitative estimate of drug-likeness (QED) is 0.140. The molecule has 1 aromatic heterocycles. The molecule has 0 saturated heterocycles. The minimum Gasteiger partial charge on any atom is -0.309 e. The number of para-hydroxylation sites is 2. The molecule has 0 N–H and O–H groups in total. The molecule has 11 aromatic rings. The maximum Gasteiger partial charge on any atom is 0.0618 e. The summed E-state index contributed by atoms with van der Waals surface area (Å²) in [5.41, 5.74) is 17.8. The van der Waals surface area contributed by atoms with Gasteiger partial charge in [-0.3, -0.25) is 0 Å². The fourth-order valence-corrected chi connectivity index (χ4v) is 10.8. The number of benzene rings is 10. The Balaban J connectivity index is 1.10. The van der Waals surface area contributed by atoms with Crippen LogP contribution in [0.4, 0.5) is 17.1 Å².